The topological polar surface area (TPSA) is 79.3 Å². The second-order valence-electron chi connectivity index (χ2n) is 4.21. The highest BCUT2D eigenvalue weighted by Gasteiger charge is 2.22. The zero-order chi connectivity index (χ0) is 15.6. The Hall–Kier alpha value is -1.06. The fourth-order valence-corrected chi connectivity index (χ4v) is 3.94. The van der Waals surface area contributed by atoms with Crippen molar-refractivity contribution in [1.29, 1.82) is 0 Å². The van der Waals surface area contributed by atoms with Crippen LogP contribution < -0.4 is 4.72 Å². The molecule has 1 heterocycles. The van der Waals surface area contributed by atoms with E-state index in [1.165, 1.54) is 17.4 Å². The first kappa shape index (κ1) is 16.3. The number of thiazole rings is 1. The standard InChI is InChI=1S/C12H12ClFN2O3S2/c1-7-15-4-10(20-7)5-16-21(18,19)11-3-9(13)2-8(6-17)12(11)14/h2-4,16-17H,5-6H2,1H3. The summed E-state index contributed by atoms with van der Waals surface area (Å²) in [5.74, 6) is -1.00. The lowest BCUT2D eigenvalue weighted by Gasteiger charge is -2.09. The summed E-state index contributed by atoms with van der Waals surface area (Å²) in [5, 5.41) is 9.87. The predicted molar refractivity (Wildman–Crippen MR) is 78.2 cm³/mol. The zero-order valence-corrected chi connectivity index (χ0v) is 13.3. The van der Waals surface area contributed by atoms with Crippen molar-refractivity contribution >= 4 is 33.0 Å². The van der Waals surface area contributed by atoms with E-state index < -0.39 is 27.3 Å². The van der Waals surface area contributed by atoms with Crippen LogP contribution in [0.15, 0.2) is 23.2 Å². The van der Waals surface area contributed by atoms with Crippen LogP contribution in [0.4, 0.5) is 4.39 Å². The molecule has 0 aliphatic heterocycles. The lowest BCUT2D eigenvalue weighted by atomic mass is 10.2. The number of aliphatic hydroxyl groups excluding tert-OH is 1. The fourth-order valence-electron chi connectivity index (χ4n) is 1.66. The summed E-state index contributed by atoms with van der Waals surface area (Å²) in [6, 6.07) is 2.19. The van der Waals surface area contributed by atoms with Crippen LogP contribution in [0.1, 0.15) is 15.4 Å². The molecule has 0 amide bonds. The Bertz CT molecular complexity index is 762. The lowest BCUT2D eigenvalue weighted by molar-refractivity contribution is 0.274. The Morgan fingerprint density at radius 3 is 2.76 bits per heavy atom. The van der Waals surface area contributed by atoms with Gasteiger partial charge in [0, 0.05) is 28.2 Å². The third-order valence-corrected chi connectivity index (χ3v) is 5.18. The molecule has 0 aliphatic carbocycles. The minimum atomic E-state index is -4.08. The van der Waals surface area contributed by atoms with E-state index in [1.54, 1.807) is 13.1 Å². The van der Waals surface area contributed by atoms with Gasteiger partial charge in [-0.1, -0.05) is 11.6 Å². The number of benzene rings is 1. The third kappa shape index (κ3) is 3.78. The van der Waals surface area contributed by atoms with Crippen LogP contribution in [0.25, 0.3) is 0 Å². The van der Waals surface area contributed by atoms with Gasteiger partial charge >= 0.3 is 0 Å². The molecular weight excluding hydrogens is 339 g/mol. The number of halogens is 2. The Morgan fingerprint density at radius 1 is 1.48 bits per heavy atom. The van der Waals surface area contributed by atoms with E-state index >= 15 is 0 Å². The van der Waals surface area contributed by atoms with Gasteiger partial charge in [0.1, 0.15) is 10.7 Å². The first-order valence-corrected chi connectivity index (χ1v) is 8.51. The number of aromatic nitrogens is 1. The maximum absolute atomic E-state index is 14.0. The maximum atomic E-state index is 14.0. The molecule has 1 aromatic heterocycles. The Morgan fingerprint density at radius 2 is 2.19 bits per heavy atom. The van der Waals surface area contributed by atoms with Crippen LogP contribution in [-0.2, 0) is 23.2 Å². The first-order chi connectivity index (χ1) is 9.83. The van der Waals surface area contributed by atoms with E-state index in [4.69, 9.17) is 16.7 Å². The largest absolute Gasteiger partial charge is 0.392 e. The second kappa shape index (κ2) is 6.37. The lowest BCUT2D eigenvalue weighted by Crippen LogP contribution is -2.24. The number of aryl methyl sites for hydroxylation is 1. The number of hydrogen-bond acceptors (Lipinski definition) is 5. The molecule has 2 rings (SSSR count). The van der Waals surface area contributed by atoms with Crippen LogP contribution in [0, 0.1) is 12.7 Å². The van der Waals surface area contributed by atoms with E-state index in [9.17, 15) is 12.8 Å². The number of hydrogen-bond donors (Lipinski definition) is 2. The van der Waals surface area contributed by atoms with Gasteiger partial charge in [0.25, 0.3) is 0 Å². The first-order valence-electron chi connectivity index (χ1n) is 5.83. The number of aliphatic hydroxyl groups is 1. The van der Waals surface area contributed by atoms with Gasteiger partial charge in [0.2, 0.25) is 10.0 Å². The smallest absolute Gasteiger partial charge is 0.243 e. The van der Waals surface area contributed by atoms with Crippen LogP contribution in [0.3, 0.4) is 0 Å². The molecule has 0 saturated heterocycles. The second-order valence-corrected chi connectivity index (χ2v) is 7.70. The molecule has 114 valence electrons. The molecule has 0 aliphatic rings. The molecule has 1 aromatic carbocycles. The summed E-state index contributed by atoms with van der Waals surface area (Å²) in [4.78, 5) is 4.13. The Balaban J connectivity index is 2.29. The molecule has 2 aromatic rings. The molecular formula is C12H12ClFN2O3S2. The van der Waals surface area contributed by atoms with Crippen LogP contribution in [0.2, 0.25) is 5.02 Å². The van der Waals surface area contributed by atoms with Crippen molar-refractivity contribution in [3.63, 3.8) is 0 Å². The van der Waals surface area contributed by atoms with Gasteiger partial charge in [0.05, 0.1) is 11.6 Å². The molecule has 5 nitrogen and oxygen atoms in total. The van der Waals surface area contributed by atoms with Gasteiger partial charge < -0.3 is 5.11 Å². The normalized spacial score (nSPS) is 11.8. The van der Waals surface area contributed by atoms with E-state index in [0.29, 0.717) is 4.88 Å². The average molecular weight is 351 g/mol. The van der Waals surface area contributed by atoms with Crippen molar-refractivity contribution in [2.24, 2.45) is 0 Å². The molecule has 0 unspecified atom stereocenters. The van der Waals surface area contributed by atoms with Crippen LogP contribution >= 0.6 is 22.9 Å². The number of nitrogens with zero attached hydrogens (tertiary/aromatic N) is 1. The quantitative estimate of drug-likeness (QED) is 0.866. The SMILES string of the molecule is Cc1ncc(CNS(=O)(=O)c2cc(Cl)cc(CO)c2F)s1. The molecule has 0 atom stereocenters. The number of sulfonamides is 1. The molecule has 0 fully saturated rings. The summed E-state index contributed by atoms with van der Waals surface area (Å²) in [5.41, 5.74) is -0.170. The predicted octanol–water partition coefficient (Wildman–Crippen LogP) is 2.21. The zero-order valence-electron chi connectivity index (χ0n) is 10.9. The minimum absolute atomic E-state index is 0.00819. The highest BCUT2D eigenvalue weighted by atomic mass is 35.5. The van der Waals surface area contributed by atoms with E-state index in [0.717, 1.165) is 11.1 Å². The Kier molecular flexibility index (Phi) is 4.95. The van der Waals surface area contributed by atoms with Gasteiger partial charge in [0.15, 0.2) is 0 Å². The highest BCUT2D eigenvalue weighted by Crippen LogP contribution is 2.24. The summed E-state index contributed by atoms with van der Waals surface area (Å²) in [7, 11) is -4.08. The van der Waals surface area contributed by atoms with Crippen molar-refractivity contribution in [1.82, 2.24) is 9.71 Å². The van der Waals surface area contributed by atoms with Crippen LogP contribution in [-0.4, -0.2) is 18.5 Å². The van der Waals surface area contributed by atoms with Crippen molar-refractivity contribution < 1.29 is 17.9 Å². The van der Waals surface area contributed by atoms with Gasteiger partial charge in [-0.3, -0.25) is 0 Å². The van der Waals surface area contributed by atoms with Crippen LogP contribution in [0.5, 0.6) is 0 Å². The Labute approximate surface area is 130 Å². The summed E-state index contributed by atoms with van der Waals surface area (Å²) in [6.07, 6.45) is 1.55. The van der Waals surface area contributed by atoms with E-state index in [-0.39, 0.29) is 17.1 Å². The van der Waals surface area contributed by atoms with Crippen molar-refractivity contribution in [2.75, 3.05) is 0 Å². The average Bonchev–Trinajstić information content (AvgIpc) is 2.84. The van der Waals surface area contributed by atoms with Crippen molar-refractivity contribution in [3.8, 4) is 0 Å². The van der Waals surface area contributed by atoms with E-state index in [1.807, 2.05) is 0 Å². The molecule has 2 N–H and O–H groups in total. The van der Waals surface area contributed by atoms with Gasteiger partial charge in [-0.15, -0.1) is 11.3 Å². The summed E-state index contributed by atoms with van der Waals surface area (Å²) in [6.45, 7) is 1.17. The van der Waals surface area contributed by atoms with Gasteiger partial charge in [-0.05, 0) is 19.1 Å². The summed E-state index contributed by atoms with van der Waals surface area (Å²) >= 11 is 7.09. The maximum Gasteiger partial charge on any atom is 0.243 e. The van der Waals surface area contributed by atoms with E-state index in [2.05, 4.69) is 9.71 Å². The van der Waals surface area contributed by atoms with Gasteiger partial charge in [-0.2, -0.15) is 0 Å². The van der Waals surface area contributed by atoms with Gasteiger partial charge in [-0.25, -0.2) is 22.5 Å². The molecule has 0 radical (unpaired) electrons. The molecule has 0 bridgehead atoms. The minimum Gasteiger partial charge on any atom is -0.392 e. The molecule has 0 spiro atoms. The fraction of sp³-hybridized carbons (Fsp3) is 0.250. The third-order valence-electron chi connectivity index (χ3n) is 2.64. The summed E-state index contributed by atoms with van der Waals surface area (Å²) < 4.78 is 40.6. The van der Waals surface area contributed by atoms with Crippen molar-refractivity contribution in [3.05, 3.63) is 44.6 Å². The molecule has 9 heteroatoms. The number of nitrogens with one attached hydrogen (secondary N) is 1. The number of rotatable bonds is 5. The highest BCUT2D eigenvalue weighted by molar-refractivity contribution is 7.89. The molecule has 21 heavy (non-hydrogen) atoms. The van der Waals surface area contributed by atoms with Crippen molar-refractivity contribution in [2.45, 2.75) is 25.0 Å². The monoisotopic (exact) mass is 350 g/mol. The molecule has 0 saturated carbocycles.